The van der Waals surface area contributed by atoms with Gasteiger partial charge in [0.1, 0.15) is 0 Å². The largest absolute Gasteiger partial charge is 0.490 e. The molecule has 2 unspecified atom stereocenters. The molecule has 1 aromatic heterocycles. The summed E-state index contributed by atoms with van der Waals surface area (Å²) in [7, 11) is -16.3. The molecule has 1 aliphatic carbocycles. The normalized spacial score (nSPS) is 25.1. The third-order valence-corrected chi connectivity index (χ3v) is 7.49. The van der Waals surface area contributed by atoms with Gasteiger partial charge < -0.3 is 19.6 Å². The van der Waals surface area contributed by atoms with Gasteiger partial charge in [-0.25, -0.2) is 18.5 Å². The highest BCUT2D eigenvalue weighted by molar-refractivity contribution is 7.66. The van der Waals surface area contributed by atoms with Crippen molar-refractivity contribution < 1.29 is 46.4 Å². The van der Waals surface area contributed by atoms with E-state index < -0.39 is 46.9 Å². The minimum atomic E-state index is -5.58. The minimum Gasteiger partial charge on any atom is -0.302 e. The fourth-order valence-corrected chi connectivity index (χ4v) is 5.84. The zero-order valence-electron chi connectivity index (χ0n) is 13.7. The van der Waals surface area contributed by atoms with Crippen LogP contribution < -0.4 is 11.2 Å². The maximum atomic E-state index is 11.9. The first-order chi connectivity index (χ1) is 12.2. The summed E-state index contributed by atoms with van der Waals surface area (Å²) >= 11 is 0. The zero-order valence-corrected chi connectivity index (χ0v) is 16.4. The van der Waals surface area contributed by atoms with Crippen LogP contribution in [0.3, 0.4) is 0 Å². The highest BCUT2D eigenvalue weighted by Crippen LogP contribution is 2.67. The Balaban J connectivity index is 2.05. The van der Waals surface area contributed by atoms with Crippen molar-refractivity contribution in [3.8, 4) is 0 Å². The van der Waals surface area contributed by atoms with Crippen LogP contribution in [0.5, 0.6) is 0 Å². The van der Waals surface area contributed by atoms with Crippen LogP contribution in [0.4, 0.5) is 0 Å². The Kier molecular flexibility index (Phi) is 6.50. The van der Waals surface area contributed by atoms with E-state index in [0.717, 1.165) is 0 Å². The van der Waals surface area contributed by atoms with Crippen molar-refractivity contribution in [3.05, 3.63) is 32.6 Å². The quantitative estimate of drug-likeness (QED) is 0.354. The lowest BCUT2D eigenvalue weighted by atomic mass is 10.2. The van der Waals surface area contributed by atoms with Gasteiger partial charge in [-0.05, 0) is 26.2 Å². The summed E-state index contributed by atoms with van der Waals surface area (Å²) < 4.78 is 46.9. The maximum Gasteiger partial charge on any atom is 0.490 e. The zero-order chi connectivity index (χ0) is 20.6. The van der Waals surface area contributed by atoms with Gasteiger partial charge in [-0.3, -0.25) is 18.9 Å². The molecule has 1 saturated carbocycles. The highest BCUT2D eigenvalue weighted by atomic mass is 31.3. The molecular formula is C10H17N2O12P3. The summed E-state index contributed by atoms with van der Waals surface area (Å²) in [5.41, 5.74) is -0.931. The van der Waals surface area contributed by atoms with Crippen LogP contribution in [0.2, 0.25) is 0 Å². The number of H-pyrrole nitrogens is 1. The molecule has 2 rings (SSSR count). The van der Waals surface area contributed by atoms with E-state index in [1.54, 1.807) is 0 Å². The van der Waals surface area contributed by atoms with Crippen LogP contribution in [0.1, 0.15) is 30.9 Å². The van der Waals surface area contributed by atoms with Crippen molar-refractivity contribution in [3.63, 3.8) is 0 Å². The molecule has 1 heterocycles. The van der Waals surface area contributed by atoms with Crippen LogP contribution in [-0.2, 0) is 26.8 Å². The summed E-state index contributed by atoms with van der Waals surface area (Å²) in [6.45, 7) is 1.49. The van der Waals surface area contributed by atoms with Gasteiger partial charge in [-0.1, -0.05) is 0 Å². The van der Waals surface area contributed by atoms with Crippen LogP contribution >= 0.6 is 23.5 Å². The summed E-state index contributed by atoms with van der Waals surface area (Å²) in [6, 6.07) is -0.481. The van der Waals surface area contributed by atoms with E-state index in [0.29, 0.717) is 6.42 Å². The second-order valence-corrected chi connectivity index (χ2v) is 10.1. The first-order valence-electron chi connectivity index (χ1n) is 7.32. The van der Waals surface area contributed by atoms with Gasteiger partial charge >= 0.3 is 29.2 Å². The number of nitrogens with zero attached hydrogens (tertiary/aromatic N) is 1. The molecule has 14 nitrogen and oxygen atoms in total. The highest BCUT2D eigenvalue weighted by Gasteiger charge is 2.43. The van der Waals surface area contributed by atoms with E-state index in [2.05, 4.69) is 13.6 Å². The van der Waals surface area contributed by atoms with Gasteiger partial charge in [-0.2, -0.15) is 8.62 Å². The number of aryl methyl sites for hydroxylation is 1. The predicted molar refractivity (Wildman–Crippen MR) is 87.7 cm³/mol. The Hall–Kier alpha value is -0.910. The molecule has 0 aromatic carbocycles. The van der Waals surface area contributed by atoms with E-state index >= 15 is 0 Å². The minimum absolute atomic E-state index is 0.0361. The molecule has 0 radical (unpaired) electrons. The van der Waals surface area contributed by atoms with Crippen LogP contribution in [0, 0.1) is 6.92 Å². The fourth-order valence-electron chi connectivity index (χ4n) is 2.61. The molecule has 27 heavy (non-hydrogen) atoms. The lowest BCUT2D eigenvalue weighted by Gasteiger charge is -2.19. The third-order valence-electron chi connectivity index (χ3n) is 3.59. The lowest BCUT2D eigenvalue weighted by molar-refractivity contribution is 0.126. The van der Waals surface area contributed by atoms with Gasteiger partial charge in [0.15, 0.2) is 0 Å². The molecule has 0 amide bonds. The number of aromatic amines is 1. The Morgan fingerprint density at radius 2 is 1.70 bits per heavy atom. The average molecular weight is 450 g/mol. The van der Waals surface area contributed by atoms with E-state index in [4.69, 9.17) is 19.2 Å². The number of hydrogen-bond donors (Lipinski definition) is 5. The van der Waals surface area contributed by atoms with E-state index in [1.165, 1.54) is 17.7 Å². The van der Waals surface area contributed by atoms with Gasteiger partial charge in [0.25, 0.3) is 5.56 Å². The molecule has 4 atom stereocenters. The number of phosphoric ester groups is 1. The van der Waals surface area contributed by atoms with Gasteiger partial charge in [-0.15, -0.1) is 0 Å². The predicted octanol–water partition coefficient (Wildman–Crippen LogP) is 0.282. The Bertz CT molecular complexity index is 963. The number of nitrogens with one attached hydrogen (secondary N) is 1. The van der Waals surface area contributed by atoms with E-state index in [9.17, 15) is 28.2 Å². The summed E-state index contributed by atoms with van der Waals surface area (Å²) in [6.07, 6.45) is 0.886. The summed E-state index contributed by atoms with van der Waals surface area (Å²) in [5, 5.41) is 0. The van der Waals surface area contributed by atoms with E-state index in [1.807, 2.05) is 0 Å². The third kappa shape index (κ3) is 6.58. The Labute approximate surface area is 151 Å². The molecule has 1 fully saturated rings. The fraction of sp³-hybridized carbons (Fsp3) is 0.600. The maximum absolute atomic E-state index is 11.9. The number of hydrogen-bond acceptors (Lipinski definition) is 8. The molecular weight excluding hydrogens is 433 g/mol. The van der Waals surface area contributed by atoms with Gasteiger partial charge in [0, 0.05) is 17.8 Å². The molecule has 154 valence electrons. The molecule has 0 aliphatic heterocycles. The summed E-state index contributed by atoms with van der Waals surface area (Å²) in [4.78, 5) is 61.0. The summed E-state index contributed by atoms with van der Waals surface area (Å²) in [5.74, 6) is 0. The van der Waals surface area contributed by atoms with Crippen molar-refractivity contribution in [1.29, 1.82) is 0 Å². The van der Waals surface area contributed by atoms with Crippen molar-refractivity contribution in [2.75, 3.05) is 0 Å². The topological polar surface area (TPSA) is 215 Å². The Morgan fingerprint density at radius 1 is 1.07 bits per heavy atom. The van der Waals surface area contributed by atoms with Crippen LogP contribution in [-0.4, -0.2) is 35.2 Å². The SMILES string of the molecule is Cc1cn([C@H]2CC[C@@H](OP(=O)(O)OP(=O)(O)OP(=O)(O)O)C2)c(=O)[nH]c1=O. The number of aromatic nitrogens is 2. The molecule has 17 heteroatoms. The van der Waals surface area contributed by atoms with Crippen molar-refractivity contribution in [2.45, 2.75) is 38.3 Å². The lowest BCUT2D eigenvalue weighted by Crippen LogP contribution is -2.32. The first kappa shape index (κ1) is 22.4. The van der Waals surface area contributed by atoms with Crippen LogP contribution in [0.25, 0.3) is 0 Å². The number of rotatable bonds is 7. The molecule has 0 bridgehead atoms. The van der Waals surface area contributed by atoms with Gasteiger partial charge in [0.05, 0.1) is 6.10 Å². The standard InChI is InChI=1S/C10H17N2O12P3/c1-6-5-12(10(14)11-9(6)13)7-2-3-8(4-7)22-26(18,19)24-27(20,21)23-25(15,16)17/h5,7-8H,2-4H2,1H3,(H,18,19)(H,20,21)(H,11,13,14)(H2,15,16,17)/t7-,8+/m0/s1. The number of phosphoric acid groups is 3. The van der Waals surface area contributed by atoms with E-state index in [-0.39, 0.29) is 18.4 Å². The molecule has 0 saturated heterocycles. The Morgan fingerprint density at radius 3 is 2.30 bits per heavy atom. The molecule has 1 aliphatic rings. The van der Waals surface area contributed by atoms with Gasteiger partial charge in [0.2, 0.25) is 0 Å². The van der Waals surface area contributed by atoms with Crippen molar-refractivity contribution >= 4 is 23.5 Å². The second-order valence-electron chi connectivity index (χ2n) is 5.76. The smallest absolute Gasteiger partial charge is 0.302 e. The van der Waals surface area contributed by atoms with Crippen molar-refractivity contribution in [1.82, 2.24) is 9.55 Å². The molecule has 0 spiro atoms. The monoisotopic (exact) mass is 450 g/mol. The second kappa shape index (κ2) is 7.84. The van der Waals surface area contributed by atoms with Crippen LogP contribution in [0.15, 0.2) is 15.8 Å². The molecule has 1 aromatic rings. The molecule has 5 N–H and O–H groups in total. The average Bonchev–Trinajstić information content (AvgIpc) is 2.85. The van der Waals surface area contributed by atoms with Crippen molar-refractivity contribution in [2.24, 2.45) is 0 Å². The first-order valence-corrected chi connectivity index (χ1v) is 11.8.